The van der Waals surface area contributed by atoms with Crippen LogP contribution in [0.2, 0.25) is 0 Å². The third kappa shape index (κ3) is 1.77. The van der Waals surface area contributed by atoms with Crippen molar-refractivity contribution in [3.8, 4) is 0 Å². The topological polar surface area (TPSA) is 38.7 Å². The van der Waals surface area contributed by atoms with Crippen molar-refractivity contribution in [3.63, 3.8) is 0 Å². The molecule has 1 aromatic carbocycles. The first-order valence-corrected chi connectivity index (χ1v) is 5.72. The zero-order chi connectivity index (χ0) is 11.7. The lowest BCUT2D eigenvalue weighted by Gasteiger charge is -2.17. The minimum atomic E-state index is 0.479. The third-order valence-electron chi connectivity index (χ3n) is 2.89. The Morgan fingerprint density at radius 3 is 2.38 bits per heavy atom. The van der Waals surface area contributed by atoms with Crippen LogP contribution >= 0.6 is 0 Å². The average molecular weight is 215 g/mol. The lowest BCUT2D eigenvalue weighted by molar-refractivity contribution is 0.793. The Bertz CT molecular complexity index is 504. The van der Waals surface area contributed by atoms with Gasteiger partial charge in [0.1, 0.15) is 0 Å². The van der Waals surface area contributed by atoms with E-state index in [0.717, 1.165) is 10.9 Å². The van der Waals surface area contributed by atoms with E-state index in [1.165, 1.54) is 11.1 Å². The summed E-state index contributed by atoms with van der Waals surface area (Å²) in [5, 5.41) is 12.8. The van der Waals surface area contributed by atoms with Crippen LogP contribution in [0.1, 0.15) is 50.7 Å². The Labute approximate surface area is 95.9 Å². The van der Waals surface area contributed by atoms with Crippen LogP contribution in [0.15, 0.2) is 18.3 Å². The minimum absolute atomic E-state index is 0.479. The summed E-state index contributed by atoms with van der Waals surface area (Å²) in [6.07, 6.45) is 1.82. The summed E-state index contributed by atoms with van der Waals surface area (Å²) < 4.78 is 0. The highest BCUT2D eigenvalue weighted by atomic mass is 15.3. The van der Waals surface area contributed by atoms with Crippen LogP contribution < -0.4 is 0 Å². The van der Waals surface area contributed by atoms with E-state index in [2.05, 4.69) is 49.2 Å². The van der Waals surface area contributed by atoms with Gasteiger partial charge in [0.2, 0.25) is 0 Å². The molecular weight excluding hydrogens is 198 g/mol. The smallest absolute Gasteiger partial charge is 0.0966 e. The van der Waals surface area contributed by atoms with Crippen molar-refractivity contribution in [2.75, 3.05) is 0 Å². The molecule has 1 heterocycles. The molecule has 0 atom stereocenters. The maximum atomic E-state index is 4.06. The van der Waals surface area contributed by atoms with Crippen LogP contribution in [0.5, 0.6) is 0 Å². The summed E-state index contributed by atoms with van der Waals surface area (Å²) in [6.45, 7) is 8.85. The molecule has 0 N–H and O–H groups in total. The van der Waals surface area contributed by atoms with Crippen LogP contribution in [-0.4, -0.2) is 15.4 Å². The predicted molar refractivity (Wildman–Crippen MR) is 65.5 cm³/mol. The highest BCUT2D eigenvalue weighted by molar-refractivity contribution is 5.82. The summed E-state index contributed by atoms with van der Waals surface area (Å²) in [7, 11) is 0. The summed E-state index contributed by atoms with van der Waals surface area (Å²) >= 11 is 0. The zero-order valence-corrected chi connectivity index (χ0v) is 10.2. The second kappa shape index (κ2) is 4.16. The van der Waals surface area contributed by atoms with Crippen molar-refractivity contribution >= 4 is 10.9 Å². The van der Waals surface area contributed by atoms with Gasteiger partial charge in [-0.3, -0.25) is 0 Å². The van der Waals surface area contributed by atoms with E-state index in [4.69, 9.17) is 0 Å². The molecular formula is C13H17N3. The monoisotopic (exact) mass is 215 g/mol. The minimum Gasteiger partial charge on any atom is -0.138 e. The molecule has 0 spiro atoms. The molecule has 0 aliphatic heterocycles. The molecule has 2 aromatic rings. The van der Waals surface area contributed by atoms with E-state index < -0.39 is 0 Å². The van der Waals surface area contributed by atoms with Crippen LogP contribution in [-0.2, 0) is 0 Å². The van der Waals surface area contributed by atoms with E-state index in [1.807, 2.05) is 12.3 Å². The largest absolute Gasteiger partial charge is 0.138 e. The van der Waals surface area contributed by atoms with E-state index in [0.29, 0.717) is 11.8 Å². The maximum Gasteiger partial charge on any atom is 0.0966 e. The molecule has 16 heavy (non-hydrogen) atoms. The standard InChI is InChI=1S/C13H17N3/c1-8(2)10-5-6-12-11(7-14-16-15-12)13(10)9(3)4/h5-9H,1-4H3. The fourth-order valence-electron chi connectivity index (χ4n) is 2.17. The Balaban J connectivity index is 2.79. The van der Waals surface area contributed by atoms with E-state index in [-0.39, 0.29) is 0 Å². The number of benzene rings is 1. The van der Waals surface area contributed by atoms with E-state index in [9.17, 15) is 0 Å². The van der Waals surface area contributed by atoms with Gasteiger partial charge in [-0.25, -0.2) is 0 Å². The first kappa shape index (κ1) is 11.0. The van der Waals surface area contributed by atoms with Gasteiger partial charge in [-0.05, 0) is 34.2 Å². The van der Waals surface area contributed by atoms with Gasteiger partial charge in [0, 0.05) is 5.39 Å². The first-order chi connectivity index (χ1) is 7.61. The van der Waals surface area contributed by atoms with Crippen molar-refractivity contribution in [3.05, 3.63) is 29.5 Å². The van der Waals surface area contributed by atoms with Gasteiger partial charge in [-0.15, -0.1) is 10.2 Å². The van der Waals surface area contributed by atoms with Crippen molar-refractivity contribution in [1.29, 1.82) is 0 Å². The summed E-state index contributed by atoms with van der Waals surface area (Å²) in [5.41, 5.74) is 3.68. The lowest BCUT2D eigenvalue weighted by Crippen LogP contribution is -2.01. The SMILES string of the molecule is CC(C)c1ccc2nnncc2c1C(C)C. The number of fused-ring (bicyclic) bond motifs is 1. The molecule has 3 nitrogen and oxygen atoms in total. The fourth-order valence-corrected chi connectivity index (χ4v) is 2.17. The van der Waals surface area contributed by atoms with Gasteiger partial charge < -0.3 is 0 Å². The zero-order valence-electron chi connectivity index (χ0n) is 10.2. The van der Waals surface area contributed by atoms with Crippen LogP contribution in [0.4, 0.5) is 0 Å². The second-order valence-electron chi connectivity index (χ2n) is 4.74. The van der Waals surface area contributed by atoms with Crippen molar-refractivity contribution in [2.45, 2.75) is 39.5 Å². The Kier molecular flexibility index (Phi) is 2.86. The molecule has 0 unspecified atom stereocenters. The molecule has 0 radical (unpaired) electrons. The Morgan fingerprint density at radius 2 is 1.75 bits per heavy atom. The normalized spacial score (nSPS) is 11.6. The number of hydrogen-bond donors (Lipinski definition) is 0. The molecule has 0 aliphatic carbocycles. The van der Waals surface area contributed by atoms with Gasteiger partial charge in [-0.2, -0.15) is 0 Å². The molecule has 0 amide bonds. The van der Waals surface area contributed by atoms with Crippen molar-refractivity contribution < 1.29 is 0 Å². The maximum absolute atomic E-state index is 4.06. The Morgan fingerprint density at radius 1 is 1.00 bits per heavy atom. The predicted octanol–water partition coefficient (Wildman–Crippen LogP) is 3.27. The highest BCUT2D eigenvalue weighted by Crippen LogP contribution is 2.31. The molecule has 0 fully saturated rings. The number of hydrogen-bond acceptors (Lipinski definition) is 3. The number of aromatic nitrogens is 3. The molecule has 3 heteroatoms. The van der Waals surface area contributed by atoms with Crippen molar-refractivity contribution in [1.82, 2.24) is 15.4 Å². The van der Waals surface area contributed by atoms with Gasteiger partial charge in [0.15, 0.2) is 0 Å². The third-order valence-corrected chi connectivity index (χ3v) is 2.89. The van der Waals surface area contributed by atoms with Gasteiger partial charge in [0.25, 0.3) is 0 Å². The summed E-state index contributed by atoms with van der Waals surface area (Å²) in [4.78, 5) is 0. The molecule has 84 valence electrons. The molecule has 0 aliphatic rings. The summed E-state index contributed by atoms with van der Waals surface area (Å²) in [6, 6.07) is 4.20. The number of rotatable bonds is 2. The first-order valence-electron chi connectivity index (χ1n) is 5.72. The number of nitrogens with zero attached hydrogens (tertiary/aromatic N) is 3. The highest BCUT2D eigenvalue weighted by Gasteiger charge is 2.14. The van der Waals surface area contributed by atoms with Crippen LogP contribution in [0, 0.1) is 0 Å². The van der Waals surface area contributed by atoms with Crippen molar-refractivity contribution in [2.24, 2.45) is 0 Å². The quantitative estimate of drug-likeness (QED) is 0.771. The average Bonchev–Trinajstić information content (AvgIpc) is 2.27. The molecule has 0 saturated heterocycles. The molecule has 1 aromatic heterocycles. The lowest BCUT2D eigenvalue weighted by atomic mass is 9.88. The van der Waals surface area contributed by atoms with Gasteiger partial charge in [-0.1, -0.05) is 33.8 Å². The molecule has 0 bridgehead atoms. The summed E-state index contributed by atoms with van der Waals surface area (Å²) in [5.74, 6) is 1.00. The van der Waals surface area contributed by atoms with Gasteiger partial charge >= 0.3 is 0 Å². The van der Waals surface area contributed by atoms with Crippen LogP contribution in [0.3, 0.4) is 0 Å². The Hall–Kier alpha value is -1.51. The molecule has 0 saturated carbocycles. The molecule has 2 rings (SSSR count). The second-order valence-corrected chi connectivity index (χ2v) is 4.74. The van der Waals surface area contributed by atoms with E-state index >= 15 is 0 Å². The van der Waals surface area contributed by atoms with Crippen LogP contribution in [0.25, 0.3) is 10.9 Å². The fraction of sp³-hybridized carbons (Fsp3) is 0.462. The van der Waals surface area contributed by atoms with E-state index in [1.54, 1.807) is 0 Å². The van der Waals surface area contributed by atoms with Gasteiger partial charge in [0.05, 0.1) is 11.7 Å².